The summed E-state index contributed by atoms with van der Waals surface area (Å²) in [5, 5.41) is 4.14. The molecule has 2 aromatic carbocycles. The number of hydrogen-bond acceptors (Lipinski definition) is 4. The van der Waals surface area contributed by atoms with Crippen LogP contribution in [0.5, 0.6) is 11.5 Å². The molecule has 0 spiro atoms. The van der Waals surface area contributed by atoms with Gasteiger partial charge in [-0.15, -0.1) is 0 Å². The summed E-state index contributed by atoms with van der Waals surface area (Å²) in [6, 6.07) is 12.1. The number of likely N-dealkylation sites (tertiary alicyclic amines) is 1. The Kier molecular flexibility index (Phi) is 6.38. The van der Waals surface area contributed by atoms with E-state index in [0.29, 0.717) is 12.3 Å². The highest BCUT2D eigenvalue weighted by molar-refractivity contribution is 6.30. The molecule has 1 fully saturated rings. The van der Waals surface area contributed by atoms with Gasteiger partial charge in [0.1, 0.15) is 0 Å². The zero-order valence-corrected chi connectivity index (χ0v) is 18.4. The van der Waals surface area contributed by atoms with Crippen LogP contribution in [-0.4, -0.2) is 44.7 Å². The highest BCUT2D eigenvalue weighted by Gasteiger charge is 2.28. The van der Waals surface area contributed by atoms with Gasteiger partial charge in [-0.25, -0.2) is 0 Å². The van der Waals surface area contributed by atoms with Crippen molar-refractivity contribution in [3.63, 3.8) is 0 Å². The molecule has 6 heteroatoms. The number of carbonyl (C=O) groups is 1. The van der Waals surface area contributed by atoms with Gasteiger partial charge in [-0.05, 0) is 72.6 Å². The third-order valence-electron chi connectivity index (χ3n) is 6.41. The predicted molar refractivity (Wildman–Crippen MR) is 120 cm³/mol. The van der Waals surface area contributed by atoms with Gasteiger partial charge in [-0.2, -0.15) is 0 Å². The summed E-state index contributed by atoms with van der Waals surface area (Å²) >= 11 is 6.20. The molecule has 1 saturated heterocycles. The van der Waals surface area contributed by atoms with Crippen molar-refractivity contribution in [2.24, 2.45) is 0 Å². The van der Waals surface area contributed by atoms with Crippen LogP contribution in [0.1, 0.15) is 48.6 Å². The van der Waals surface area contributed by atoms with Crippen LogP contribution in [0, 0.1) is 0 Å². The van der Waals surface area contributed by atoms with E-state index in [4.69, 9.17) is 21.1 Å². The highest BCUT2D eigenvalue weighted by Crippen LogP contribution is 2.38. The van der Waals surface area contributed by atoms with E-state index in [1.54, 1.807) is 14.2 Å². The molecule has 0 aliphatic carbocycles. The Morgan fingerprint density at radius 2 is 1.83 bits per heavy atom. The third-order valence-corrected chi connectivity index (χ3v) is 6.64. The molecule has 5 nitrogen and oxygen atoms in total. The number of amides is 1. The number of hydrogen-bond donors (Lipinski definition) is 1. The van der Waals surface area contributed by atoms with Crippen molar-refractivity contribution >= 4 is 23.2 Å². The van der Waals surface area contributed by atoms with Crippen molar-refractivity contribution in [3.8, 4) is 11.5 Å². The average molecular weight is 429 g/mol. The summed E-state index contributed by atoms with van der Waals surface area (Å²) < 4.78 is 10.8. The van der Waals surface area contributed by atoms with Crippen molar-refractivity contribution < 1.29 is 14.3 Å². The lowest BCUT2D eigenvalue weighted by Crippen LogP contribution is -2.38. The van der Waals surface area contributed by atoms with E-state index in [1.807, 2.05) is 29.2 Å². The van der Waals surface area contributed by atoms with Gasteiger partial charge < -0.3 is 19.7 Å². The summed E-state index contributed by atoms with van der Waals surface area (Å²) in [5.41, 5.74) is 3.53. The van der Waals surface area contributed by atoms with Gasteiger partial charge in [0.25, 0.3) is 0 Å². The zero-order chi connectivity index (χ0) is 21.1. The number of ether oxygens (including phenoxy) is 2. The number of methoxy groups -OCH3 is 2. The Labute approximate surface area is 183 Å². The van der Waals surface area contributed by atoms with Crippen LogP contribution in [0.2, 0.25) is 5.02 Å². The van der Waals surface area contributed by atoms with Gasteiger partial charge in [-0.1, -0.05) is 17.7 Å². The van der Waals surface area contributed by atoms with Crippen LogP contribution in [0.3, 0.4) is 0 Å². The molecule has 1 unspecified atom stereocenters. The van der Waals surface area contributed by atoms with E-state index < -0.39 is 0 Å². The second kappa shape index (κ2) is 9.17. The monoisotopic (exact) mass is 428 g/mol. The first-order chi connectivity index (χ1) is 14.6. The van der Waals surface area contributed by atoms with E-state index in [2.05, 4.69) is 17.4 Å². The number of halogens is 1. The first-order valence-corrected chi connectivity index (χ1v) is 11.0. The minimum absolute atomic E-state index is 0.232. The SMILES string of the molecule is COc1ccc(C2CCN(C(=O)CC3CCNc4ccc(Cl)cc43)CC2)cc1OC. The Hall–Kier alpha value is -2.40. The maximum absolute atomic E-state index is 13.0. The molecule has 2 aliphatic heterocycles. The van der Waals surface area contributed by atoms with Crippen molar-refractivity contribution in [3.05, 3.63) is 52.5 Å². The molecule has 0 bridgehead atoms. The zero-order valence-electron chi connectivity index (χ0n) is 17.6. The number of nitrogens with one attached hydrogen (secondary N) is 1. The second-order valence-corrected chi connectivity index (χ2v) is 8.55. The normalized spacial score (nSPS) is 19.0. The van der Waals surface area contributed by atoms with Crippen molar-refractivity contribution in [2.45, 2.75) is 37.5 Å². The molecule has 1 atom stereocenters. The fourth-order valence-corrected chi connectivity index (χ4v) is 4.87. The van der Waals surface area contributed by atoms with Gasteiger partial charge >= 0.3 is 0 Å². The molecule has 2 aliphatic rings. The van der Waals surface area contributed by atoms with Gasteiger partial charge in [0.15, 0.2) is 11.5 Å². The lowest BCUT2D eigenvalue weighted by atomic mass is 9.86. The van der Waals surface area contributed by atoms with Gasteiger partial charge in [0.05, 0.1) is 14.2 Å². The molecule has 0 saturated carbocycles. The predicted octanol–water partition coefficient (Wildman–Crippen LogP) is 5.05. The number of fused-ring (bicyclic) bond motifs is 1. The Balaban J connectivity index is 1.37. The Morgan fingerprint density at radius 3 is 2.57 bits per heavy atom. The van der Waals surface area contributed by atoms with E-state index in [9.17, 15) is 4.79 Å². The number of anilines is 1. The maximum atomic E-state index is 13.0. The van der Waals surface area contributed by atoms with Crippen LogP contribution in [0.4, 0.5) is 5.69 Å². The Bertz CT molecular complexity index is 909. The molecule has 1 N–H and O–H groups in total. The molecule has 160 valence electrons. The smallest absolute Gasteiger partial charge is 0.223 e. The van der Waals surface area contributed by atoms with Gasteiger partial charge in [0, 0.05) is 36.8 Å². The fraction of sp³-hybridized carbons (Fsp3) is 0.458. The molecule has 2 aromatic rings. The molecule has 0 aromatic heterocycles. The van der Waals surface area contributed by atoms with Crippen molar-refractivity contribution in [1.29, 1.82) is 0 Å². The van der Waals surface area contributed by atoms with Crippen LogP contribution in [0.25, 0.3) is 0 Å². The number of rotatable bonds is 5. The first kappa shape index (κ1) is 20.9. The molecule has 2 heterocycles. The van der Waals surface area contributed by atoms with Crippen LogP contribution < -0.4 is 14.8 Å². The summed E-state index contributed by atoms with van der Waals surface area (Å²) in [7, 11) is 3.31. The standard InChI is InChI=1S/C24H29ClN2O3/c1-29-22-6-3-17(13-23(22)30-2)16-8-11-27(12-9-16)24(28)14-18-7-10-26-21-5-4-19(25)15-20(18)21/h3-6,13,15-16,18,26H,7-12,14H2,1-2H3. The number of benzene rings is 2. The molecule has 4 rings (SSSR count). The van der Waals surface area contributed by atoms with E-state index in [0.717, 1.165) is 61.1 Å². The van der Waals surface area contributed by atoms with Gasteiger partial charge in [-0.3, -0.25) is 4.79 Å². The molecular weight excluding hydrogens is 400 g/mol. The number of nitrogens with zero attached hydrogens (tertiary/aromatic N) is 1. The molecule has 1 amide bonds. The lowest BCUT2D eigenvalue weighted by Gasteiger charge is -2.34. The van der Waals surface area contributed by atoms with E-state index in [1.165, 1.54) is 11.1 Å². The van der Waals surface area contributed by atoms with E-state index in [-0.39, 0.29) is 11.8 Å². The van der Waals surface area contributed by atoms with Crippen molar-refractivity contribution in [2.75, 3.05) is 39.2 Å². The largest absolute Gasteiger partial charge is 0.493 e. The summed E-state index contributed by atoms with van der Waals surface area (Å²) in [6.45, 7) is 2.49. The summed E-state index contributed by atoms with van der Waals surface area (Å²) in [5.74, 6) is 2.43. The topological polar surface area (TPSA) is 50.8 Å². The van der Waals surface area contributed by atoms with Crippen LogP contribution >= 0.6 is 11.6 Å². The average Bonchev–Trinajstić information content (AvgIpc) is 2.79. The molecular formula is C24H29ClN2O3. The second-order valence-electron chi connectivity index (χ2n) is 8.12. The van der Waals surface area contributed by atoms with E-state index >= 15 is 0 Å². The van der Waals surface area contributed by atoms with Gasteiger partial charge in [0.2, 0.25) is 5.91 Å². The Morgan fingerprint density at radius 1 is 1.07 bits per heavy atom. The highest BCUT2D eigenvalue weighted by atomic mass is 35.5. The van der Waals surface area contributed by atoms with Crippen LogP contribution in [0.15, 0.2) is 36.4 Å². The summed E-state index contributed by atoms with van der Waals surface area (Å²) in [4.78, 5) is 15.1. The van der Waals surface area contributed by atoms with Crippen LogP contribution in [-0.2, 0) is 4.79 Å². The summed E-state index contributed by atoms with van der Waals surface area (Å²) in [6.07, 6.45) is 3.45. The maximum Gasteiger partial charge on any atom is 0.223 e. The lowest BCUT2D eigenvalue weighted by molar-refractivity contribution is -0.132. The minimum Gasteiger partial charge on any atom is -0.493 e. The molecule has 0 radical (unpaired) electrons. The number of piperidine rings is 1. The molecule has 30 heavy (non-hydrogen) atoms. The first-order valence-electron chi connectivity index (χ1n) is 10.6. The van der Waals surface area contributed by atoms with Crippen molar-refractivity contribution in [1.82, 2.24) is 4.90 Å². The fourth-order valence-electron chi connectivity index (χ4n) is 4.69. The minimum atomic E-state index is 0.232. The quantitative estimate of drug-likeness (QED) is 0.723. The number of carbonyl (C=O) groups excluding carboxylic acids is 1. The third kappa shape index (κ3) is 4.36.